The van der Waals surface area contributed by atoms with Crippen LogP contribution in [0.15, 0.2) is 35.1 Å². The summed E-state index contributed by atoms with van der Waals surface area (Å²) in [6.07, 6.45) is 1.50. The summed E-state index contributed by atoms with van der Waals surface area (Å²) >= 11 is 0. The van der Waals surface area contributed by atoms with Crippen molar-refractivity contribution in [1.29, 1.82) is 0 Å². The number of nitrogens with zero attached hydrogens (tertiary/aromatic N) is 1. The summed E-state index contributed by atoms with van der Waals surface area (Å²) in [5.74, 6) is 0.118. The van der Waals surface area contributed by atoms with Crippen molar-refractivity contribution in [2.75, 3.05) is 5.32 Å². The number of hydrogen-bond acceptors (Lipinski definition) is 3. The van der Waals surface area contributed by atoms with Crippen molar-refractivity contribution in [1.82, 2.24) is 10.1 Å². The number of aromatic nitrogens is 2. The van der Waals surface area contributed by atoms with E-state index in [4.69, 9.17) is 4.52 Å². The van der Waals surface area contributed by atoms with Crippen molar-refractivity contribution in [3.05, 3.63) is 47.7 Å². The SMILES string of the molecule is CC(C)c1cc2cc(F)c(NCc3ccon3)cc2[nH]1. The largest absolute Gasteiger partial charge is 0.377 e. The second-order valence-electron chi connectivity index (χ2n) is 5.14. The summed E-state index contributed by atoms with van der Waals surface area (Å²) in [5, 5.41) is 7.70. The Morgan fingerprint density at radius 3 is 2.90 bits per heavy atom. The van der Waals surface area contributed by atoms with Crippen molar-refractivity contribution in [2.45, 2.75) is 26.3 Å². The second kappa shape index (κ2) is 5.00. The van der Waals surface area contributed by atoms with E-state index in [1.807, 2.05) is 6.07 Å². The van der Waals surface area contributed by atoms with Gasteiger partial charge in [0.2, 0.25) is 0 Å². The zero-order chi connectivity index (χ0) is 14.1. The predicted molar refractivity (Wildman–Crippen MR) is 76.2 cm³/mol. The molecule has 0 unspecified atom stereocenters. The number of fused-ring (bicyclic) bond motifs is 1. The number of halogens is 1. The van der Waals surface area contributed by atoms with E-state index < -0.39 is 0 Å². The van der Waals surface area contributed by atoms with Crippen molar-refractivity contribution in [3.63, 3.8) is 0 Å². The van der Waals surface area contributed by atoms with Crippen molar-refractivity contribution in [2.24, 2.45) is 0 Å². The molecule has 3 rings (SSSR count). The first-order chi connectivity index (χ1) is 9.63. The molecule has 0 amide bonds. The number of aromatic amines is 1. The van der Waals surface area contributed by atoms with E-state index in [2.05, 4.69) is 29.3 Å². The maximum absolute atomic E-state index is 14.0. The van der Waals surface area contributed by atoms with Crippen LogP contribution in [-0.4, -0.2) is 10.1 Å². The molecule has 2 N–H and O–H groups in total. The molecule has 0 aliphatic rings. The molecule has 0 radical (unpaired) electrons. The Morgan fingerprint density at radius 1 is 1.35 bits per heavy atom. The molecule has 1 aromatic carbocycles. The van der Waals surface area contributed by atoms with Crippen LogP contribution in [0.3, 0.4) is 0 Å². The van der Waals surface area contributed by atoms with Crippen molar-refractivity contribution in [3.8, 4) is 0 Å². The summed E-state index contributed by atoms with van der Waals surface area (Å²) < 4.78 is 18.8. The van der Waals surface area contributed by atoms with Gasteiger partial charge in [-0.2, -0.15) is 0 Å². The average Bonchev–Trinajstić information content (AvgIpc) is 3.04. The summed E-state index contributed by atoms with van der Waals surface area (Å²) in [6.45, 7) is 4.63. The lowest BCUT2D eigenvalue weighted by Crippen LogP contribution is -2.01. The van der Waals surface area contributed by atoms with Crippen molar-refractivity contribution >= 4 is 16.6 Å². The standard InChI is InChI=1S/C15H16FN3O/c1-9(2)13-6-10-5-12(16)15(7-14(10)18-13)17-8-11-3-4-20-19-11/h3-7,9,17-18H,8H2,1-2H3. The molecule has 0 atom stereocenters. The van der Waals surface area contributed by atoms with Gasteiger partial charge in [-0.15, -0.1) is 0 Å². The molecule has 0 saturated carbocycles. The van der Waals surface area contributed by atoms with Crippen LogP contribution in [0.2, 0.25) is 0 Å². The van der Waals surface area contributed by atoms with Gasteiger partial charge in [-0.05, 0) is 24.1 Å². The molecular formula is C15H16FN3O. The molecule has 104 valence electrons. The predicted octanol–water partition coefficient (Wildman–Crippen LogP) is 4.03. The molecule has 0 spiro atoms. The number of anilines is 1. The zero-order valence-electron chi connectivity index (χ0n) is 11.4. The van der Waals surface area contributed by atoms with Crippen LogP contribution in [-0.2, 0) is 6.54 Å². The average molecular weight is 273 g/mol. The minimum atomic E-state index is -0.268. The fraction of sp³-hybridized carbons (Fsp3) is 0.267. The normalized spacial score (nSPS) is 11.4. The van der Waals surface area contributed by atoms with Gasteiger partial charge in [-0.25, -0.2) is 4.39 Å². The molecule has 4 nitrogen and oxygen atoms in total. The maximum Gasteiger partial charge on any atom is 0.147 e. The Hall–Kier alpha value is -2.30. The number of nitrogens with one attached hydrogen (secondary N) is 2. The zero-order valence-corrected chi connectivity index (χ0v) is 11.4. The third kappa shape index (κ3) is 2.39. The van der Waals surface area contributed by atoms with Crippen LogP contribution in [0.4, 0.5) is 10.1 Å². The number of benzene rings is 1. The molecule has 5 heteroatoms. The maximum atomic E-state index is 14.0. The van der Waals surface area contributed by atoms with Gasteiger partial charge in [0.25, 0.3) is 0 Å². The third-order valence-corrected chi connectivity index (χ3v) is 3.30. The van der Waals surface area contributed by atoms with E-state index in [1.54, 1.807) is 18.2 Å². The minimum Gasteiger partial charge on any atom is -0.377 e. The Morgan fingerprint density at radius 2 is 2.20 bits per heavy atom. The lowest BCUT2D eigenvalue weighted by Gasteiger charge is -2.05. The quantitative estimate of drug-likeness (QED) is 0.754. The Kier molecular flexibility index (Phi) is 3.18. The van der Waals surface area contributed by atoms with Gasteiger partial charge in [-0.3, -0.25) is 0 Å². The number of H-pyrrole nitrogens is 1. The third-order valence-electron chi connectivity index (χ3n) is 3.30. The van der Waals surface area contributed by atoms with Crippen LogP contribution in [0, 0.1) is 5.82 Å². The summed E-state index contributed by atoms with van der Waals surface area (Å²) in [5.41, 5.74) is 3.22. The molecule has 2 aromatic heterocycles. The van der Waals surface area contributed by atoms with E-state index in [1.165, 1.54) is 6.26 Å². The van der Waals surface area contributed by atoms with Gasteiger partial charge >= 0.3 is 0 Å². The molecule has 0 saturated heterocycles. The summed E-state index contributed by atoms with van der Waals surface area (Å²) in [4.78, 5) is 3.32. The van der Waals surface area contributed by atoms with E-state index in [0.29, 0.717) is 18.2 Å². The fourth-order valence-corrected chi connectivity index (χ4v) is 2.14. The van der Waals surface area contributed by atoms with Crippen molar-refractivity contribution < 1.29 is 8.91 Å². The van der Waals surface area contributed by atoms with Crippen LogP contribution in [0.25, 0.3) is 10.9 Å². The minimum absolute atomic E-state index is 0.268. The van der Waals surface area contributed by atoms with E-state index in [9.17, 15) is 4.39 Å². The number of rotatable bonds is 4. The van der Waals surface area contributed by atoms with Gasteiger partial charge in [-0.1, -0.05) is 19.0 Å². The van der Waals surface area contributed by atoms with Crippen LogP contribution >= 0.6 is 0 Å². The molecule has 20 heavy (non-hydrogen) atoms. The van der Waals surface area contributed by atoms with Gasteiger partial charge in [0, 0.05) is 22.7 Å². The van der Waals surface area contributed by atoms with Gasteiger partial charge in [0.1, 0.15) is 17.8 Å². The van der Waals surface area contributed by atoms with Crippen LogP contribution in [0.1, 0.15) is 31.2 Å². The smallest absolute Gasteiger partial charge is 0.147 e. The summed E-state index contributed by atoms with van der Waals surface area (Å²) in [7, 11) is 0. The summed E-state index contributed by atoms with van der Waals surface area (Å²) in [6, 6.07) is 7.07. The van der Waals surface area contributed by atoms with Gasteiger partial charge in [0.15, 0.2) is 0 Å². The lowest BCUT2D eigenvalue weighted by atomic mass is 10.1. The van der Waals surface area contributed by atoms with E-state index in [-0.39, 0.29) is 5.82 Å². The molecule has 0 aliphatic heterocycles. The Balaban J connectivity index is 1.88. The molecule has 3 aromatic rings. The topological polar surface area (TPSA) is 53.9 Å². The first-order valence-electron chi connectivity index (χ1n) is 6.59. The lowest BCUT2D eigenvalue weighted by molar-refractivity contribution is 0.412. The second-order valence-corrected chi connectivity index (χ2v) is 5.14. The van der Waals surface area contributed by atoms with Crippen LogP contribution < -0.4 is 5.32 Å². The first-order valence-corrected chi connectivity index (χ1v) is 6.59. The van der Waals surface area contributed by atoms with Gasteiger partial charge in [0.05, 0.1) is 12.2 Å². The molecule has 2 heterocycles. The van der Waals surface area contributed by atoms with E-state index >= 15 is 0 Å². The highest BCUT2D eigenvalue weighted by atomic mass is 19.1. The fourth-order valence-electron chi connectivity index (χ4n) is 2.14. The number of hydrogen-bond donors (Lipinski definition) is 2. The first kappa shape index (κ1) is 12.7. The Bertz CT molecular complexity index is 716. The Labute approximate surface area is 116 Å². The van der Waals surface area contributed by atoms with Crippen LogP contribution in [0.5, 0.6) is 0 Å². The monoisotopic (exact) mass is 273 g/mol. The molecule has 0 bridgehead atoms. The van der Waals surface area contributed by atoms with Gasteiger partial charge < -0.3 is 14.8 Å². The highest BCUT2D eigenvalue weighted by Crippen LogP contribution is 2.26. The highest BCUT2D eigenvalue weighted by molar-refractivity contribution is 5.84. The highest BCUT2D eigenvalue weighted by Gasteiger charge is 2.09. The molecule has 0 fully saturated rings. The molecular weight excluding hydrogens is 257 g/mol. The van der Waals surface area contributed by atoms with E-state index in [0.717, 1.165) is 22.3 Å². The molecule has 0 aliphatic carbocycles.